The Bertz CT molecular complexity index is 1900. The first-order valence-electron chi connectivity index (χ1n) is 13.5. The zero-order chi connectivity index (χ0) is 31.1. The predicted octanol–water partition coefficient (Wildman–Crippen LogP) is 6.61. The van der Waals surface area contributed by atoms with Gasteiger partial charge in [-0.1, -0.05) is 59.6 Å². The number of nitro groups is 1. The SMILES string of the molecule is O=C(COC(=O)c1cc(-c2ccc(N3C(=O)C4CC=CCC4C3=O)cc2)nc2c(Cl)cccc12)c1ccc(Cl)c([N+](=O)[O-])c1. The Labute approximate surface area is 260 Å². The van der Waals surface area contributed by atoms with Crippen LogP contribution in [0, 0.1) is 22.0 Å². The number of pyridine rings is 1. The van der Waals surface area contributed by atoms with E-state index in [4.69, 9.17) is 27.9 Å². The summed E-state index contributed by atoms with van der Waals surface area (Å²) in [5.74, 6) is -2.65. The third-order valence-corrected chi connectivity index (χ3v) is 8.36. The smallest absolute Gasteiger partial charge is 0.339 e. The highest BCUT2D eigenvalue weighted by molar-refractivity contribution is 6.35. The Morgan fingerprint density at radius 1 is 0.932 bits per heavy atom. The van der Waals surface area contributed by atoms with Crippen molar-refractivity contribution in [3.63, 3.8) is 0 Å². The van der Waals surface area contributed by atoms with Crippen molar-refractivity contribution in [3.8, 4) is 11.3 Å². The summed E-state index contributed by atoms with van der Waals surface area (Å²) in [5, 5.41) is 11.7. The van der Waals surface area contributed by atoms with Gasteiger partial charge in [-0.3, -0.25) is 29.4 Å². The molecule has 44 heavy (non-hydrogen) atoms. The van der Waals surface area contributed by atoms with Gasteiger partial charge in [0.2, 0.25) is 17.6 Å². The van der Waals surface area contributed by atoms with Crippen LogP contribution < -0.4 is 4.90 Å². The molecule has 0 N–H and O–H groups in total. The number of nitro benzene ring substituents is 1. The van der Waals surface area contributed by atoms with Crippen LogP contribution in [0.3, 0.4) is 0 Å². The van der Waals surface area contributed by atoms with Crippen LogP contribution >= 0.6 is 23.2 Å². The molecule has 2 atom stereocenters. The maximum atomic E-state index is 13.3. The number of Topliss-reactive ketones (excluding diaryl/α,β-unsaturated/α-hetero) is 1. The van der Waals surface area contributed by atoms with Gasteiger partial charge in [0, 0.05) is 22.6 Å². The summed E-state index contributed by atoms with van der Waals surface area (Å²) in [6, 6.07) is 16.6. The standard InChI is InChI=1S/C32H21Cl2N3O7/c33-24-13-10-18(14-27(24)37(42)43)28(38)16-44-32(41)23-15-26(35-29-20(23)6-3-7-25(29)34)17-8-11-19(12-9-17)36-30(39)21-4-1-2-5-22(21)31(36)40/h1-3,6-15,21-22H,4-5,16H2. The molecule has 12 heteroatoms. The first-order valence-corrected chi connectivity index (χ1v) is 14.3. The third-order valence-electron chi connectivity index (χ3n) is 7.74. The van der Waals surface area contributed by atoms with Crippen LogP contribution in [0.15, 0.2) is 78.9 Å². The molecule has 6 rings (SSSR count). The van der Waals surface area contributed by atoms with E-state index in [1.165, 1.54) is 23.1 Å². The van der Waals surface area contributed by atoms with Crippen molar-refractivity contribution in [1.82, 2.24) is 4.98 Å². The number of carbonyl (C=O) groups is 4. The van der Waals surface area contributed by atoms with Crippen LogP contribution in [0.4, 0.5) is 11.4 Å². The molecule has 2 aliphatic rings. The molecule has 0 radical (unpaired) electrons. The number of ether oxygens (including phenoxy) is 1. The topological polar surface area (TPSA) is 137 Å². The largest absolute Gasteiger partial charge is 0.454 e. The first-order chi connectivity index (χ1) is 21.1. The monoisotopic (exact) mass is 629 g/mol. The van der Waals surface area contributed by atoms with Gasteiger partial charge < -0.3 is 4.74 Å². The molecule has 3 aromatic carbocycles. The summed E-state index contributed by atoms with van der Waals surface area (Å²) in [6.07, 6.45) is 4.93. The summed E-state index contributed by atoms with van der Waals surface area (Å²) in [5.41, 5.74) is 1.31. The van der Waals surface area contributed by atoms with Gasteiger partial charge in [0.25, 0.3) is 5.69 Å². The van der Waals surface area contributed by atoms with Gasteiger partial charge in [-0.05, 0) is 49.2 Å². The zero-order valence-corrected chi connectivity index (χ0v) is 24.2. The third kappa shape index (κ3) is 5.23. The molecule has 1 aromatic heterocycles. The second-order valence-corrected chi connectivity index (χ2v) is 11.1. The van der Waals surface area contributed by atoms with E-state index in [1.54, 1.807) is 42.5 Å². The lowest BCUT2D eigenvalue weighted by Crippen LogP contribution is -2.30. The number of ketones is 1. The minimum absolute atomic E-state index is 0.0391. The molecule has 0 spiro atoms. The lowest BCUT2D eigenvalue weighted by molar-refractivity contribution is -0.384. The number of anilines is 1. The van der Waals surface area contributed by atoms with Gasteiger partial charge in [-0.15, -0.1) is 0 Å². The predicted molar refractivity (Wildman–Crippen MR) is 163 cm³/mol. The maximum absolute atomic E-state index is 13.3. The molecule has 10 nitrogen and oxygen atoms in total. The fraction of sp³-hybridized carbons (Fsp3) is 0.156. The molecule has 1 aliphatic carbocycles. The minimum atomic E-state index is -0.834. The fourth-order valence-electron chi connectivity index (χ4n) is 5.48. The van der Waals surface area contributed by atoms with Gasteiger partial charge >= 0.3 is 5.97 Å². The average molecular weight is 630 g/mol. The summed E-state index contributed by atoms with van der Waals surface area (Å²) < 4.78 is 5.32. The number of halogens is 2. The number of amides is 2. The van der Waals surface area contributed by atoms with E-state index in [0.717, 1.165) is 6.07 Å². The highest BCUT2D eigenvalue weighted by atomic mass is 35.5. The number of esters is 1. The summed E-state index contributed by atoms with van der Waals surface area (Å²) in [7, 11) is 0. The van der Waals surface area contributed by atoms with Crippen LogP contribution in [0.25, 0.3) is 22.2 Å². The van der Waals surface area contributed by atoms with Gasteiger partial charge in [-0.2, -0.15) is 0 Å². The molecule has 2 amide bonds. The van der Waals surface area contributed by atoms with Gasteiger partial charge in [0.05, 0.1) is 44.2 Å². The zero-order valence-electron chi connectivity index (χ0n) is 22.7. The lowest BCUT2D eigenvalue weighted by atomic mass is 9.85. The highest BCUT2D eigenvalue weighted by Gasteiger charge is 2.47. The van der Waals surface area contributed by atoms with Gasteiger partial charge in [-0.25, -0.2) is 9.78 Å². The van der Waals surface area contributed by atoms with Crippen molar-refractivity contribution in [1.29, 1.82) is 0 Å². The Morgan fingerprint density at radius 3 is 2.27 bits per heavy atom. The van der Waals surface area contributed by atoms with Crippen molar-refractivity contribution >= 4 is 69.0 Å². The molecule has 4 aromatic rings. The normalized spacial score (nSPS) is 17.5. The van der Waals surface area contributed by atoms with E-state index in [9.17, 15) is 29.3 Å². The number of hydrogen-bond acceptors (Lipinski definition) is 8. The van der Waals surface area contributed by atoms with Crippen molar-refractivity contribution in [3.05, 3.63) is 110 Å². The van der Waals surface area contributed by atoms with E-state index < -0.39 is 29.0 Å². The van der Waals surface area contributed by atoms with Crippen LogP contribution in [0.1, 0.15) is 33.6 Å². The fourth-order valence-corrected chi connectivity index (χ4v) is 5.89. The lowest BCUT2D eigenvalue weighted by Gasteiger charge is -2.16. The number of fused-ring (bicyclic) bond motifs is 2. The average Bonchev–Trinajstić information content (AvgIpc) is 3.28. The number of carbonyl (C=O) groups excluding carboxylic acids is 4. The summed E-state index contributed by atoms with van der Waals surface area (Å²) in [6.45, 7) is -0.679. The van der Waals surface area contributed by atoms with Gasteiger partial charge in [0.1, 0.15) is 5.02 Å². The molecule has 0 bridgehead atoms. The molecular weight excluding hydrogens is 609 g/mol. The molecular formula is C32H21Cl2N3O7. The van der Waals surface area contributed by atoms with Crippen molar-refractivity contribution < 1.29 is 28.8 Å². The number of nitrogens with zero attached hydrogens (tertiary/aromatic N) is 3. The summed E-state index contributed by atoms with van der Waals surface area (Å²) in [4.78, 5) is 68.3. The van der Waals surface area contributed by atoms with Crippen LogP contribution in [0.2, 0.25) is 10.0 Å². The quantitative estimate of drug-likeness (QED) is 0.0556. The van der Waals surface area contributed by atoms with Crippen molar-refractivity contribution in [2.24, 2.45) is 11.8 Å². The number of aromatic nitrogens is 1. The molecule has 1 fully saturated rings. The molecule has 0 saturated carbocycles. The Hall–Kier alpha value is -4.93. The van der Waals surface area contributed by atoms with E-state index in [0.29, 0.717) is 40.7 Å². The Balaban J connectivity index is 1.27. The van der Waals surface area contributed by atoms with E-state index in [2.05, 4.69) is 4.98 Å². The van der Waals surface area contributed by atoms with Crippen LogP contribution in [-0.4, -0.2) is 40.1 Å². The molecule has 1 saturated heterocycles. The Morgan fingerprint density at radius 2 is 1.61 bits per heavy atom. The second kappa shape index (κ2) is 11.6. The van der Waals surface area contributed by atoms with Crippen molar-refractivity contribution in [2.75, 3.05) is 11.5 Å². The number of rotatable bonds is 7. The van der Waals surface area contributed by atoms with E-state index >= 15 is 0 Å². The maximum Gasteiger partial charge on any atom is 0.339 e. The number of hydrogen-bond donors (Lipinski definition) is 0. The molecule has 1 aliphatic heterocycles. The van der Waals surface area contributed by atoms with E-state index in [-0.39, 0.29) is 44.8 Å². The first kappa shape index (κ1) is 29.2. The molecule has 2 unspecified atom stereocenters. The van der Waals surface area contributed by atoms with Crippen LogP contribution in [0.5, 0.6) is 0 Å². The molecule has 220 valence electrons. The highest BCUT2D eigenvalue weighted by Crippen LogP contribution is 2.38. The second-order valence-electron chi connectivity index (χ2n) is 10.3. The minimum Gasteiger partial charge on any atom is -0.454 e. The van der Waals surface area contributed by atoms with Crippen molar-refractivity contribution in [2.45, 2.75) is 12.8 Å². The van der Waals surface area contributed by atoms with E-state index in [1.807, 2.05) is 12.2 Å². The van der Waals surface area contributed by atoms with Crippen LogP contribution in [-0.2, 0) is 14.3 Å². The summed E-state index contributed by atoms with van der Waals surface area (Å²) >= 11 is 12.3. The number of allylic oxidation sites excluding steroid dienone is 2. The molecule has 2 heterocycles. The van der Waals surface area contributed by atoms with Gasteiger partial charge in [0.15, 0.2) is 6.61 Å². The number of benzene rings is 3. The number of imide groups is 1. The Kier molecular flexibility index (Phi) is 7.71. The number of para-hydroxylation sites is 1.